The van der Waals surface area contributed by atoms with Gasteiger partial charge >= 0.3 is 0 Å². The molecule has 5 heteroatoms. The van der Waals surface area contributed by atoms with Gasteiger partial charge in [-0.1, -0.05) is 19.1 Å². The van der Waals surface area contributed by atoms with Crippen molar-refractivity contribution in [3.05, 3.63) is 39.9 Å². The first kappa shape index (κ1) is 11.6. The number of hydrazone groups is 1. The summed E-state index contributed by atoms with van der Waals surface area (Å²) in [6.45, 7) is 4.00. The third-order valence-electron chi connectivity index (χ3n) is 3.30. The molecule has 1 aromatic carbocycles. The van der Waals surface area contributed by atoms with Crippen LogP contribution >= 0.6 is 0 Å². The van der Waals surface area contributed by atoms with E-state index in [1.165, 1.54) is 0 Å². The lowest BCUT2D eigenvalue weighted by molar-refractivity contribution is -0.386. The van der Waals surface area contributed by atoms with Crippen LogP contribution in [-0.2, 0) is 0 Å². The molecular weight excluding hydrogens is 218 g/mol. The maximum Gasteiger partial charge on any atom is 0.274 e. The molecule has 0 aliphatic carbocycles. The summed E-state index contributed by atoms with van der Waals surface area (Å²) in [5.41, 5.74) is 1.91. The average molecular weight is 233 g/mol. The van der Waals surface area contributed by atoms with Gasteiger partial charge in [-0.05, 0) is 13.0 Å². The second kappa shape index (κ2) is 4.16. The van der Waals surface area contributed by atoms with Crippen LogP contribution in [0.15, 0.2) is 29.4 Å². The molecule has 0 fully saturated rings. The molecule has 1 aromatic rings. The van der Waals surface area contributed by atoms with E-state index in [-0.39, 0.29) is 22.6 Å². The lowest BCUT2D eigenvalue weighted by atomic mass is 9.91. The van der Waals surface area contributed by atoms with Crippen LogP contribution < -0.4 is 0 Å². The van der Waals surface area contributed by atoms with Crippen LogP contribution in [0.3, 0.4) is 0 Å². The van der Waals surface area contributed by atoms with Crippen molar-refractivity contribution in [2.24, 2.45) is 11.0 Å². The maximum absolute atomic E-state index is 11.0. The predicted molar refractivity (Wildman–Crippen MR) is 65.9 cm³/mol. The van der Waals surface area contributed by atoms with Crippen molar-refractivity contribution in [2.75, 3.05) is 7.05 Å². The largest absolute Gasteiger partial charge is 0.292 e. The van der Waals surface area contributed by atoms with Gasteiger partial charge in [0.05, 0.1) is 16.5 Å². The summed E-state index contributed by atoms with van der Waals surface area (Å²) >= 11 is 0. The van der Waals surface area contributed by atoms with Gasteiger partial charge in [0.1, 0.15) is 0 Å². The number of hydrogen-bond donors (Lipinski definition) is 0. The fourth-order valence-electron chi connectivity index (χ4n) is 2.33. The molecular formula is C12H15N3O2. The van der Waals surface area contributed by atoms with Crippen molar-refractivity contribution in [1.29, 1.82) is 0 Å². The third kappa shape index (κ3) is 1.88. The van der Waals surface area contributed by atoms with Gasteiger partial charge in [-0.3, -0.25) is 15.1 Å². The Morgan fingerprint density at radius 1 is 1.41 bits per heavy atom. The molecule has 0 N–H and O–H groups in total. The molecule has 0 amide bonds. The molecule has 0 saturated heterocycles. The summed E-state index contributed by atoms with van der Waals surface area (Å²) in [5, 5.41) is 17.2. The summed E-state index contributed by atoms with van der Waals surface area (Å²) < 4.78 is 0. The third-order valence-corrected chi connectivity index (χ3v) is 3.30. The minimum absolute atomic E-state index is 0.0448. The minimum atomic E-state index is -0.330. The smallest absolute Gasteiger partial charge is 0.274 e. The summed E-state index contributed by atoms with van der Waals surface area (Å²) in [6.07, 6.45) is 0. The van der Waals surface area contributed by atoms with Crippen molar-refractivity contribution < 1.29 is 4.92 Å². The van der Waals surface area contributed by atoms with Crippen molar-refractivity contribution >= 4 is 11.4 Å². The van der Waals surface area contributed by atoms with Gasteiger partial charge in [-0.2, -0.15) is 5.10 Å². The Morgan fingerprint density at radius 3 is 2.59 bits per heavy atom. The van der Waals surface area contributed by atoms with Gasteiger partial charge in [0.2, 0.25) is 0 Å². The number of rotatable bonds is 2. The van der Waals surface area contributed by atoms with E-state index in [2.05, 4.69) is 5.10 Å². The zero-order valence-corrected chi connectivity index (χ0v) is 10.1. The van der Waals surface area contributed by atoms with Crippen LogP contribution in [0.5, 0.6) is 0 Å². The Kier molecular flexibility index (Phi) is 2.83. The highest BCUT2D eigenvalue weighted by atomic mass is 16.6. The van der Waals surface area contributed by atoms with E-state index in [0.29, 0.717) is 0 Å². The van der Waals surface area contributed by atoms with Crippen LogP contribution in [0.2, 0.25) is 0 Å². The summed E-state index contributed by atoms with van der Waals surface area (Å²) in [6, 6.07) is 6.83. The van der Waals surface area contributed by atoms with Crippen LogP contribution in [0.4, 0.5) is 5.69 Å². The predicted octanol–water partition coefficient (Wildman–Crippen LogP) is 2.59. The Bertz CT molecular complexity index is 484. The number of para-hydroxylation sites is 1. The second-order valence-electron chi connectivity index (χ2n) is 4.36. The molecule has 1 aliphatic heterocycles. The number of nitro groups is 1. The van der Waals surface area contributed by atoms with E-state index in [4.69, 9.17) is 0 Å². The Balaban J connectivity index is 2.45. The van der Waals surface area contributed by atoms with Crippen LogP contribution in [0.1, 0.15) is 25.5 Å². The van der Waals surface area contributed by atoms with Crippen molar-refractivity contribution in [1.82, 2.24) is 5.01 Å². The Morgan fingerprint density at radius 2 is 2.06 bits per heavy atom. The molecule has 1 aliphatic rings. The zero-order chi connectivity index (χ0) is 12.6. The second-order valence-corrected chi connectivity index (χ2v) is 4.36. The van der Waals surface area contributed by atoms with Crippen molar-refractivity contribution in [3.8, 4) is 0 Å². The lowest BCUT2D eigenvalue weighted by Gasteiger charge is -2.22. The van der Waals surface area contributed by atoms with E-state index in [1.807, 2.05) is 38.0 Å². The molecule has 1 heterocycles. The molecule has 90 valence electrons. The van der Waals surface area contributed by atoms with Gasteiger partial charge in [0.25, 0.3) is 5.69 Å². The maximum atomic E-state index is 11.0. The summed E-state index contributed by atoms with van der Waals surface area (Å²) in [7, 11) is 1.86. The highest BCUT2D eigenvalue weighted by Crippen LogP contribution is 2.38. The van der Waals surface area contributed by atoms with Gasteiger partial charge in [0, 0.05) is 24.7 Å². The van der Waals surface area contributed by atoms with E-state index >= 15 is 0 Å². The lowest BCUT2D eigenvalue weighted by Crippen LogP contribution is -2.21. The van der Waals surface area contributed by atoms with Gasteiger partial charge in [0.15, 0.2) is 0 Å². The highest BCUT2D eigenvalue weighted by Gasteiger charge is 2.34. The number of nitro benzene ring substituents is 1. The normalized spacial score (nSPS) is 23.7. The zero-order valence-electron chi connectivity index (χ0n) is 10.1. The van der Waals surface area contributed by atoms with Crippen molar-refractivity contribution in [2.45, 2.75) is 19.9 Å². The first-order chi connectivity index (χ1) is 8.02. The summed E-state index contributed by atoms with van der Waals surface area (Å²) in [4.78, 5) is 10.7. The molecule has 2 rings (SSSR count). The number of hydrogen-bond acceptors (Lipinski definition) is 4. The topological polar surface area (TPSA) is 58.7 Å². The number of benzene rings is 1. The first-order valence-electron chi connectivity index (χ1n) is 5.53. The van der Waals surface area contributed by atoms with Gasteiger partial charge in [-0.25, -0.2) is 0 Å². The van der Waals surface area contributed by atoms with Crippen LogP contribution in [-0.4, -0.2) is 22.7 Å². The first-order valence-corrected chi connectivity index (χ1v) is 5.53. The van der Waals surface area contributed by atoms with E-state index in [0.717, 1.165) is 11.3 Å². The average Bonchev–Trinajstić information content (AvgIpc) is 2.53. The van der Waals surface area contributed by atoms with E-state index < -0.39 is 0 Å². The minimum Gasteiger partial charge on any atom is -0.292 e. The van der Waals surface area contributed by atoms with E-state index in [9.17, 15) is 10.1 Å². The van der Waals surface area contributed by atoms with Crippen LogP contribution in [0.25, 0.3) is 0 Å². The van der Waals surface area contributed by atoms with E-state index in [1.54, 1.807) is 12.1 Å². The summed E-state index contributed by atoms with van der Waals surface area (Å²) in [5.74, 6) is 0.195. The van der Waals surface area contributed by atoms with Crippen molar-refractivity contribution in [3.63, 3.8) is 0 Å². The molecule has 0 aromatic heterocycles. The molecule has 5 nitrogen and oxygen atoms in total. The number of nitrogens with zero attached hydrogens (tertiary/aromatic N) is 3. The molecule has 17 heavy (non-hydrogen) atoms. The van der Waals surface area contributed by atoms with Crippen LogP contribution in [0, 0.1) is 16.0 Å². The monoisotopic (exact) mass is 233 g/mol. The Labute approximate surface area is 99.9 Å². The molecule has 0 radical (unpaired) electrons. The quantitative estimate of drug-likeness (QED) is 0.582. The molecule has 0 bridgehead atoms. The highest BCUT2D eigenvalue weighted by molar-refractivity contribution is 5.86. The van der Waals surface area contributed by atoms with Gasteiger partial charge in [-0.15, -0.1) is 0 Å². The molecule has 0 saturated carbocycles. The molecule has 2 unspecified atom stereocenters. The molecule has 2 atom stereocenters. The standard InChI is InChI=1S/C12H15N3O2/c1-8-9(2)13-14(3)12(8)10-6-4-5-7-11(10)15(16)17/h4-8,12H,1-3H3. The molecule has 0 spiro atoms. The fourth-order valence-corrected chi connectivity index (χ4v) is 2.33. The SMILES string of the molecule is CC1=NN(C)C(c2ccccc2[N+](=O)[O-])C1C. The fraction of sp³-hybridized carbons (Fsp3) is 0.417. The van der Waals surface area contributed by atoms with Gasteiger partial charge < -0.3 is 0 Å². The Hall–Kier alpha value is -1.91.